The topological polar surface area (TPSA) is 111 Å². The molecule has 2 heterocycles. The van der Waals surface area contributed by atoms with Gasteiger partial charge in [-0.15, -0.1) is 0 Å². The molecule has 2 aromatic heterocycles. The zero-order valence-corrected chi connectivity index (χ0v) is 13.3. The van der Waals surface area contributed by atoms with Gasteiger partial charge in [0.2, 0.25) is 5.95 Å². The lowest BCUT2D eigenvalue weighted by atomic mass is 10.1. The molecule has 0 aliphatic carbocycles. The minimum absolute atomic E-state index is 0.0907. The Morgan fingerprint density at radius 2 is 2.04 bits per heavy atom. The van der Waals surface area contributed by atoms with Crippen LogP contribution >= 0.6 is 15.9 Å². The van der Waals surface area contributed by atoms with Gasteiger partial charge in [0.15, 0.2) is 0 Å². The fourth-order valence-electron chi connectivity index (χ4n) is 2.21. The van der Waals surface area contributed by atoms with E-state index in [4.69, 9.17) is 11.5 Å². The van der Waals surface area contributed by atoms with E-state index in [1.807, 2.05) is 0 Å². The van der Waals surface area contributed by atoms with Crippen molar-refractivity contribution < 1.29 is 9.18 Å². The average Bonchev–Trinajstić information content (AvgIpc) is 2.95. The van der Waals surface area contributed by atoms with Crippen molar-refractivity contribution in [2.75, 3.05) is 5.73 Å². The van der Waals surface area contributed by atoms with E-state index in [1.54, 1.807) is 18.2 Å². The predicted octanol–water partition coefficient (Wildman–Crippen LogP) is 2.72. The number of aromatic nitrogens is 3. The Labute approximate surface area is 138 Å². The van der Waals surface area contributed by atoms with Crippen molar-refractivity contribution in [2.24, 2.45) is 5.73 Å². The fourth-order valence-corrected chi connectivity index (χ4v) is 2.57. The molecule has 23 heavy (non-hydrogen) atoms. The Morgan fingerprint density at radius 3 is 2.74 bits per heavy atom. The Bertz CT molecular complexity index is 909. The number of hydrogen-bond acceptors (Lipinski definition) is 4. The van der Waals surface area contributed by atoms with Gasteiger partial charge in [-0.3, -0.25) is 4.79 Å². The summed E-state index contributed by atoms with van der Waals surface area (Å²) in [5.41, 5.74) is 12.6. The number of aromatic amines is 1. The Balaban J connectivity index is 2.21. The van der Waals surface area contributed by atoms with Crippen molar-refractivity contribution in [3.05, 3.63) is 52.4 Å². The Hall–Kier alpha value is -2.74. The van der Waals surface area contributed by atoms with Crippen LogP contribution in [0, 0.1) is 5.82 Å². The summed E-state index contributed by atoms with van der Waals surface area (Å²) in [4.78, 5) is 22.6. The minimum Gasteiger partial charge on any atom is -0.368 e. The van der Waals surface area contributed by atoms with Crippen molar-refractivity contribution in [3.8, 4) is 22.6 Å². The van der Waals surface area contributed by atoms with Gasteiger partial charge < -0.3 is 16.5 Å². The number of halogens is 2. The molecule has 0 aliphatic rings. The lowest BCUT2D eigenvalue weighted by molar-refractivity contribution is 0.100. The van der Waals surface area contributed by atoms with Crippen molar-refractivity contribution >= 4 is 27.8 Å². The molecule has 6 nitrogen and oxygen atoms in total. The Morgan fingerprint density at radius 1 is 1.26 bits per heavy atom. The number of nitrogen functional groups attached to an aromatic ring is 1. The predicted molar refractivity (Wildman–Crippen MR) is 87.8 cm³/mol. The molecule has 0 unspecified atom stereocenters. The van der Waals surface area contributed by atoms with Gasteiger partial charge in [0.05, 0.1) is 22.6 Å². The number of amides is 1. The first kappa shape index (κ1) is 15.2. The van der Waals surface area contributed by atoms with Crippen LogP contribution < -0.4 is 11.5 Å². The number of nitrogens with one attached hydrogen (secondary N) is 1. The maximum atomic E-state index is 14.1. The number of H-pyrrole nitrogens is 1. The highest BCUT2D eigenvalue weighted by atomic mass is 79.9. The van der Waals surface area contributed by atoms with Gasteiger partial charge in [0, 0.05) is 16.2 Å². The molecular formula is C15H11BrFN5O. The van der Waals surface area contributed by atoms with Crippen molar-refractivity contribution in [1.29, 1.82) is 0 Å². The molecule has 0 spiro atoms. The molecule has 1 amide bonds. The Kier molecular flexibility index (Phi) is 3.83. The van der Waals surface area contributed by atoms with E-state index in [1.165, 1.54) is 18.3 Å². The van der Waals surface area contributed by atoms with Gasteiger partial charge in [-0.05, 0) is 30.3 Å². The van der Waals surface area contributed by atoms with Gasteiger partial charge >= 0.3 is 0 Å². The molecule has 0 atom stereocenters. The number of hydrogen-bond donors (Lipinski definition) is 3. The monoisotopic (exact) mass is 375 g/mol. The van der Waals surface area contributed by atoms with Crippen LogP contribution in [0.3, 0.4) is 0 Å². The third-order valence-corrected chi connectivity index (χ3v) is 3.72. The SMILES string of the molecule is NC(=O)c1cc(-c2ccnc(N)n2)[nH]c1-c1cc(Br)ccc1F. The van der Waals surface area contributed by atoms with E-state index < -0.39 is 11.7 Å². The third kappa shape index (κ3) is 2.93. The highest BCUT2D eigenvalue weighted by Gasteiger charge is 2.19. The molecule has 5 N–H and O–H groups in total. The zero-order valence-electron chi connectivity index (χ0n) is 11.7. The summed E-state index contributed by atoms with van der Waals surface area (Å²) in [5, 5.41) is 0. The molecular weight excluding hydrogens is 365 g/mol. The van der Waals surface area contributed by atoms with E-state index in [0.717, 1.165) is 0 Å². The smallest absolute Gasteiger partial charge is 0.250 e. The molecule has 8 heteroatoms. The van der Waals surface area contributed by atoms with Crippen LogP contribution in [0.2, 0.25) is 0 Å². The molecule has 0 fully saturated rings. The number of primary amides is 1. The van der Waals surface area contributed by atoms with Gasteiger partial charge in [0.1, 0.15) is 5.82 Å². The van der Waals surface area contributed by atoms with Crippen LogP contribution in [-0.2, 0) is 0 Å². The molecule has 0 saturated heterocycles. The fraction of sp³-hybridized carbons (Fsp3) is 0. The maximum absolute atomic E-state index is 14.1. The zero-order chi connectivity index (χ0) is 16.6. The first-order valence-corrected chi connectivity index (χ1v) is 7.32. The number of carbonyl (C=O) groups excluding carboxylic acids is 1. The normalized spacial score (nSPS) is 10.7. The number of nitrogens with zero attached hydrogens (tertiary/aromatic N) is 2. The number of rotatable bonds is 3. The second kappa shape index (κ2) is 5.81. The van der Waals surface area contributed by atoms with Gasteiger partial charge in [0.25, 0.3) is 5.91 Å². The van der Waals surface area contributed by atoms with E-state index in [2.05, 4.69) is 30.9 Å². The average molecular weight is 376 g/mol. The first-order valence-electron chi connectivity index (χ1n) is 6.53. The molecule has 3 aromatic rings. The van der Waals surface area contributed by atoms with Gasteiger partial charge in [-0.1, -0.05) is 15.9 Å². The van der Waals surface area contributed by atoms with E-state index in [9.17, 15) is 9.18 Å². The van der Waals surface area contributed by atoms with Crippen LogP contribution in [0.4, 0.5) is 10.3 Å². The van der Waals surface area contributed by atoms with Crippen molar-refractivity contribution in [1.82, 2.24) is 15.0 Å². The quantitative estimate of drug-likeness (QED) is 0.653. The van der Waals surface area contributed by atoms with E-state index >= 15 is 0 Å². The first-order chi connectivity index (χ1) is 11.0. The third-order valence-electron chi connectivity index (χ3n) is 3.23. The highest BCUT2D eigenvalue weighted by Crippen LogP contribution is 2.31. The summed E-state index contributed by atoms with van der Waals surface area (Å²) in [6.07, 6.45) is 1.49. The van der Waals surface area contributed by atoms with Gasteiger partial charge in [-0.25, -0.2) is 14.4 Å². The van der Waals surface area contributed by atoms with E-state index in [-0.39, 0.29) is 22.8 Å². The molecule has 1 aromatic carbocycles. The van der Waals surface area contributed by atoms with Crippen LogP contribution in [0.25, 0.3) is 22.6 Å². The standard InChI is InChI=1S/C15H11BrFN5O/c16-7-1-2-10(17)8(5-7)13-9(14(18)23)6-12(21-13)11-3-4-20-15(19)22-11/h1-6,21H,(H2,18,23)(H2,19,20,22). The minimum atomic E-state index is -0.677. The summed E-state index contributed by atoms with van der Waals surface area (Å²) in [6.45, 7) is 0. The van der Waals surface area contributed by atoms with E-state index in [0.29, 0.717) is 15.9 Å². The van der Waals surface area contributed by atoms with Crippen LogP contribution in [0.1, 0.15) is 10.4 Å². The molecule has 0 aliphatic heterocycles. The molecule has 0 bridgehead atoms. The van der Waals surface area contributed by atoms with Crippen LogP contribution in [0.15, 0.2) is 41.0 Å². The largest absolute Gasteiger partial charge is 0.368 e. The lowest BCUT2D eigenvalue weighted by Crippen LogP contribution is -2.11. The molecule has 0 radical (unpaired) electrons. The number of anilines is 1. The summed E-state index contributed by atoms with van der Waals surface area (Å²) in [7, 11) is 0. The highest BCUT2D eigenvalue weighted by molar-refractivity contribution is 9.10. The summed E-state index contributed by atoms with van der Waals surface area (Å²) in [6, 6.07) is 7.56. The second-order valence-electron chi connectivity index (χ2n) is 4.76. The molecule has 0 saturated carbocycles. The number of nitrogens with two attached hydrogens (primary N) is 2. The summed E-state index contributed by atoms with van der Waals surface area (Å²) < 4.78 is 14.8. The van der Waals surface area contributed by atoms with Crippen molar-refractivity contribution in [3.63, 3.8) is 0 Å². The van der Waals surface area contributed by atoms with Gasteiger partial charge in [-0.2, -0.15) is 0 Å². The molecule has 3 rings (SSSR count). The van der Waals surface area contributed by atoms with Crippen LogP contribution in [0.5, 0.6) is 0 Å². The second-order valence-corrected chi connectivity index (χ2v) is 5.68. The number of carbonyl (C=O) groups is 1. The maximum Gasteiger partial charge on any atom is 0.250 e. The number of benzene rings is 1. The van der Waals surface area contributed by atoms with Crippen molar-refractivity contribution in [2.45, 2.75) is 0 Å². The lowest BCUT2D eigenvalue weighted by Gasteiger charge is -2.04. The summed E-state index contributed by atoms with van der Waals surface area (Å²) >= 11 is 3.28. The summed E-state index contributed by atoms with van der Waals surface area (Å²) in [5.74, 6) is -1.07. The molecule has 116 valence electrons. The van der Waals surface area contributed by atoms with Crippen LogP contribution in [-0.4, -0.2) is 20.9 Å².